The summed E-state index contributed by atoms with van der Waals surface area (Å²) in [6.07, 6.45) is 4.30. The molecule has 0 spiro atoms. The van der Waals surface area contributed by atoms with Crippen LogP contribution in [0.25, 0.3) is 0 Å². The van der Waals surface area contributed by atoms with Crippen molar-refractivity contribution in [1.29, 1.82) is 0 Å². The van der Waals surface area contributed by atoms with E-state index in [0.29, 0.717) is 18.8 Å². The van der Waals surface area contributed by atoms with E-state index in [2.05, 4.69) is 11.8 Å². The lowest BCUT2D eigenvalue weighted by Crippen LogP contribution is -2.58. The molecule has 2 N–H and O–H groups in total. The summed E-state index contributed by atoms with van der Waals surface area (Å²) in [6, 6.07) is 0. The van der Waals surface area contributed by atoms with Crippen LogP contribution in [0.1, 0.15) is 26.2 Å². The molecule has 16 heavy (non-hydrogen) atoms. The number of nitrogens with two attached hydrogens (primary N) is 1. The number of hydrogen-bond acceptors (Lipinski definition) is 4. The number of rotatable bonds is 5. The largest absolute Gasteiger partial charge is 0.385 e. The molecule has 2 fully saturated rings. The smallest absolute Gasteiger partial charge is 0.0707 e. The summed E-state index contributed by atoms with van der Waals surface area (Å²) in [7, 11) is 1.75. The van der Waals surface area contributed by atoms with E-state index >= 15 is 0 Å². The van der Waals surface area contributed by atoms with Gasteiger partial charge in [0.25, 0.3) is 0 Å². The molecule has 2 rings (SSSR count). The first-order chi connectivity index (χ1) is 7.68. The second kappa shape index (κ2) is 5.00. The standard InChI is InChI=1S/C12H24N2O2/c1-12(9-13,5-6-15-2)14-7-10-3-4-11(8-14)16-10/h10-11H,3-9,13H2,1-2H3. The molecule has 0 aromatic carbocycles. The lowest BCUT2D eigenvalue weighted by molar-refractivity contribution is -0.0778. The summed E-state index contributed by atoms with van der Waals surface area (Å²) in [6.45, 7) is 5.79. The summed E-state index contributed by atoms with van der Waals surface area (Å²) in [5.41, 5.74) is 6.02. The zero-order valence-electron chi connectivity index (χ0n) is 10.4. The highest BCUT2D eigenvalue weighted by Gasteiger charge is 2.40. The second-order valence-corrected chi connectivity index (χ2v) is 5.31. The second-order valence-electron chi connectivity index (χ2n) is 5.31. The summed E-state index contributed by atoms with van der Waals surface area (Å²) < 4.78 is 11.0. The summed E-state index contributed by atoms with van der Waals surface area (Å²) in [4.78, 5) is 2.51. The zero-order valence-corrected chi connectivity index (χ0v) is 10.4. The Bertz CT molecular complexity index is 225. The van der Waals surface area contributed by atoms with Crippen LogP contribution in [0.2, 0.25) is 0 Å². The van der Waals surface area contributed by atoms with Gasteiger partial charge in [-0.2, -0.15) is 0 Å². The lowest BCUT2D eigenvalue weighted by Gasteiger charge is -2.45. The Morgan fingerprint density at radius 2 is 2.00 bits per heavy atom. The van der Waals surface area contributed by atoms with Crippen molar-refractivity contribution in [3.8, 4) is 0 Å². The third-order valence-electron chi connectivity index (χ3n) is 4.09. The van der Waals surface area contributed by atoms with E-state index in [1.165, 1.54) is 12.8 Å². The molecule has 2 aliphatic rings. The number of likely N-dealkylation sites (tertiary alicyclic amines) is 1. The van der Waals surface area contributed by atoms with Crippen molar-refractivity contribution in [2.75, 3.05) is 33.4 Å². The van der Waals surface area contributed by atoms with Gasteiger partial charge in [0.05, 0.1) is 12.2 Å². The molecule has 0 aromatic rings. The third-order valence-corrected chi connectivity index (χ3v) is 4.09. The Morgan fingerprint density at radius 3 is 2.50 bits per heavy atom. The van der Waals surface area contributed by atoms with E-state index in [1.54, 1.807) is 7.11 Å². The molecule has 3 unspecified atom stereocenters. The van der Waals surface area contributed by atoms with Crippen LogP contribution >= 0.6 is 0 Å². The first-order valence-electron chi connectivity index (χ1n) is 6.27. The highest BCUT2D eigenvalue weighted by Crippen LogP contribution is 2.31. The monoisotopic (exact) mass is 228 g/mol. The van der Waals surface area contributed by atoms with E-state index in [4.69, 9.17) is 15.2 Å². The van der Waals surface area contributed by atoms with Crippen molar-refractivity contribution in [3.63, 3.8) is 0 Å². The molecule has 2 bridgehead atoms. The predicted octanol–water partition coefficient (Wildman–Crippen LogP) is 0.604. The fraction of sp³-hybridized carbons (Fsp3) is 1.00. The fourth-order valence-corrected chi connectivity index (χ4v) is 2.77. The Labute approximate surface area is 98.1 Å². The van der Waals surface area contributed by atoms with Crippen LogP contribution in [0.4, 0.5) is 0 Å². The van der Waals surface area contributed by atoms with E-state index in [1.807, 2.05) is 0 Å². The van der Waals surface area contributed by atoms with Crippen LogP contribution in [0.15, 0.2) is 0 Å². The van der Waals surface area contributed by atoms with Gasteiger partial charge in [0.15, 0.2) is 0 Å². The molecule has 4 nitrogen and oxygen atoms in total. The lowest BCUT2D eigenvalue weighted by atomic mass is 9.94. The minimum atomic E-state index is 0.0701. The highest BCUT2D eigenvalue weighted by atomic mass is 16.5. The van der Waals surface area contributed by atoms with Gasteiger partial charge < -0.3 is 15.2 Å². The van der Waals surface area contributed by atoms with Crippen molar-refractivity contribution in [2.45, 2.75) is 43.9 Å². The van der Waals surface area contributed by atoms with Crippen molar-refractivity contribution in [1.82, 2.24) is 4.90 Å². The Hall–Kier alpha value is -0.160. The van der Waals surface area contributed by atoms with Gasteiger partial charge in [-0.3, -0.25) is 4.90 Å². The molecule has 0 aliphatic carbocycles. The number of nitrogens with zero attached hydrogens (tertiary/aromatic N) is 1. The maximum absolute atomic E-state index is 5.95. The number of hydrogen-bond donors (Lipinski definition) is 1. The van der Waals surface area contributed by atoms with Gasteiger partial charge in [0.1, 0.15) is 0 Å². The molecular formula is C12H24N2O2. The van der Waals surface area contributed by atoms with Crippen LogP contribution in [-0.2, 0) is 9.47 Å². The maximum atomic E-state index is 5.95. The summed E-state index contributed by atoms with van der Waals surface area (Å²) in [5.74, 6) is 0. The molecule has 2 saturated heterocycles. The number of ether oxygens (including phenoxy) is 2. The van der Waals surface area contributed by atoms with Crippen molar-refractivity contribution < 1.29 is 9.47 Å². The van der Waals surface area contributed by atoms with Gasteiger partial charge in [0.2, 0.25) is 0 Å². The van der Waals surface area contributed by atoms with Gasteiger partial charge in [-0.05, 0) is 26.2 Å². The van der Waals surface area contributed by atoms with Gasteiger partial charge >= 0.3 is 0 Å². The molecule has 0 radical (unpaired) electrons. The minimum Gasteiger partial charge on any atom is -0.385 e. The third kappa shape index (κ3) is 2.40. The molecular weight excluding hydrogens is 204 g/mol. The van der Waals surface area contributed by atoms with Crippen LogP contribution in [0, 0.1) is 0 Å². The van der Waals surface area contributed by atoms with E-state index in [0.717, 1.165) is 26.1 Å². The van der Waals surface area contributed by atoms with E-state index < -0.39 is 0 Å². The van der Waals surface area contributed by atoms with Crippen molar-refractivity contribution in [2.24, 2.45) is 5.73 Å². The summed E-state index contributed by atoms with van der Waals surface area (Å²) in [5, 5.41) is 0. The Kier molecular flexibility index (Phi) is 3.85. The van der Waals surface area contributed by atoms with Crippen LogP contribution in [-0.4, -0.2) is 56.0 Å². The van der Waals surface area contributed by atoms with E-state index in [-0.39, 0.29) is 5.54 Å². The van der Waals surface area contributed by atoms with Crippen molar-refractivity contribution >= 4 is 0 Å². The summed E-state index contributed by atoms with van der Waals surface area (Å²) >= 11 is 0. The molecule has 0 amide bonds. The molecule has 0 aromatic heterocycles. The molecule has 4 heteroatoms. The van der Waals surface area contributed by atoms with Crippen molar-refractivity contribution in [3.05, 3.63) is 0 Å². The van der Waals surface area contributed by atoms with Gasteiger partial charge in [0, 0.05) is 38.9 Å². The average molecular weight is 228 g/mol. The number of methoxy groups -OCH3 is 1. The minimum absolute atomic E-state index is 0.0701. The first-order valence-corrected chi connectivity index (χ1v) is 6.27. The van der Waals surface area contributed by atoms with Crippen LogP contribution in [0.5, 0.6) is 0 Å². The normalized spacial score (nSPS) is 33.9. The maximum Gasteiger partial charge on any atom is 0.0707 e. The Balaban J connectivity index is 1.97. The number of fused-ring (bicyclic) bond motifs is 2. The molecule has 0 saturated carbocycles. The number of morpholine rings is 1. The van der Waals surface area contributed by atoms with Crippen LogP contribution in [0.3, 0.4) is 0 Å². The zero-order chi connectivity index (χ0) is 11.6. The first kappa shape index (κ1) is 12.3. The van der Waals surface area contributed by atoms with Gasteiger partial charge in [-0.15, -0.1) is 0 Å². The SMILES string of the molecule is COCCC(C)(CN)N1CC2CCC(C1)O2. The van der Waals surface area contributed by atoms with Gasteiger partial charge in [-0.1, -0.05) is 0 Å². The Morgan fingerprint density at radius 1 is 1.38 bits per heavy atom. The fourth-order valence-electron chi connectivity index (χ4n) is 2.77. The van der Waals surface area contributed by atoms with Crippen LogP contribution < -0.4 is 5.73 Å². The average Bonchev–Trinajstić information content (AvgIpc) is 2.65. The molecule has 2 aliphatic heterocycles. The molecule has 2 heterocycles. The predicted molar refractivity (Wildman–Crippen MR) is 63.4 cm³/mol. The molecule has 3 atom stereocenters. The van der Waals surface area contributed by atoms with Gasteiger partial charge in [-0.25, -0.2) is 0 Å². The molecule has 94 valence electrons. The topological polar surface area (TPSA) is 47.7 Å². The highest BCUT2D eigenvalue weighted by molar-refractivity contribution is 4.95. The van der Waals surface area contributed by atoms with E-state index in [9.17, 15) is 0 Å². The quantitative estimate of drug-likeness (QED) is 0.749.